The summed E-state index contributed by atoms with van der Waals surface area (Å²) in [5, 5.41) is 4.27. The monoisotopic (exact) mass is 277 g/mol. The van der Waals surface area contributed by atoms with E-state index in [1.165, 1.54) is 11.1 Å². The normalized spacial score (nSPS) is 12.9. The minimum absolute atomic E-state index is 0.281. The van der Waals surface area contributed by atoms with E-state index in [4.69, 9.17) is 11.6 Å². The van der Waals surface area contributed by atoms with Crippen LogP contribution in [0.25, 0.3) is 0 Å². The third-order valence-electron chi connectivity index (χ3n) is 3.30. The maximum absolute atomic E-state index is 6.13. The highest BCUT2D eigenvalue weighted by molar-refractivity contribution is 6.18. The fourth-order valence-electron chi connectivity index (χ4n) is 2.17. The molecule has 0 fully saturated rings. The number of rotatable bonds is 5. The minimum atomic E-state index is 0.281. The van der Waals surface area contributed by atoms with Gasteiger partial charge in [0.25, 0.3) is 0 Å². The molecule has 0 aliphatic carbocycles. The van der Waals surface area contributed by atoms with E-state index in [9.17, 15) is 0 Å². The Kier molecular flexibility index (Phi) is 4.59. The average Bonchev–Trinajstić information content (AvgIpc) is 2.85. The second-order valence-electron chi connectivity index (χ2n) is 5.18. The SMILES string of the molecule is Cc1ccc(C(CCl)Cc2ncnn2C(C)C)cc1. The Hall–Kier alpha value is -1.35. The molecule has 2 aromatic rings. The van der Waals surface area contributed by atoms with Crippen LogP contribution < -0.4 is 0 Å². The number of halogens is 1. The Bertz CT molecular complexity index is 516. The van der Waals surface area contributed by atoms with Crippen molar-refractivity contribution < 1.29 is 0 Å². The Morgan fingerprint density at radius 3 is 2.47 bits per heavy atom. The highest BCUT2D eigenvalue weighted by Gasteiger charge is 2.16. The van der Waals surface area contributed by atoms with E-state index >= 15 is 0 Å². The molecule has 1 aromatic carbocycles. The van der Waals surface area contributed by atoms with Gasteiger partial charge in [0.1, 0.15) is 12.2 Å². The summed E-state index contributed by atoms with van der Waals surface area (Å²) < 4.78 is 1.97. The van der Waals surface area contributed by atoms with Crippen LogP contribution in [0.3, 0.4) is 0 Å². The molecule has 1 aromatic heterocycles. The predicted octanol–water partition coefficient (Wildman–Crippen LogP) is 3.73. The standard InChI is InChI=1S/C15H20ClN3/c1-11(2)19-15(17-10-18-19)8-14(9-16)13-6-4-12(3)5-7-13/h4-7,10-11,14H,8-9H2,1-3H3. The van der Waals surface area contributed by atoms with Crippen LogP contribution in [-0.2, 0) is 6.42 Å². The minimum Gasteiger partial charge on any atom is -0.248 e. The number of hydrogen-bond acceptors (Lipinski definition) is 2. The highest BCUT2D eigenvalue weighted by atomic mass is 35.5. The predicted molar refractivity (Wildman–Crippen MR) is 78.8 cm³/mol. The lowest BCUT2D eigenvalue weighted by molar-refractivity contribution is 0.496. The van der Waals surface area contributed by atoms with E-state index in [1.807, 2.05) is 4.68 Å². The summed E-state index contributed by atoms with van der Waals surface area (Å²) in [5.74, 6) is 1.87. The van der Waals surface area contributed by atoms with Crippen molar-refractivity contribution in [2.24, 2.45) is 0 Å². The van der Waals surface area contributed by atoms with Gasteiger partial charge in [0, 0.05) is 24.3 Å². The van der Waals surface area contributed by atoms with E-state index in [-0.39, 0.29) is 5.92 Å². The molecule has 0 N–H and O–H groups in total. The molecule has 0 saturated carbocycles. The van der Waals surface area contributed by atoms with Crippen LogP contribution in [0.15, 0.2) is 30.6 Å². The molecule has 0 aliphatic rings. The van der Waals surface area contributed by atoms with Crippen molar-refractivity contribution in [3.63, 3.8) is 0 Å². The molecule has 1 unspecified atom stereocenters. The summed E-state index contributed by atoms with van der Waals surface area (Å²) in [6.07, 6.45) is 2.44. The third-order valence-corrected chi connectivity index (χ3v) is 3.67. The summed E-state index contributed by atoms with van der Waals surface area (Å²) in [6, 6.07) is 8.88. The van der Waals surface area contributed by atoms with Crippen LogP contribution in [0.1, 0.15) is 42.8 Å². The zero-order chi connectivity index (χ0) is 13.8. The molecular weight excluding hydrogens is 258 g/mol. The molecule has 0 bridgehead atoms. The van der Waals surface area contributed by atoms with Gasteiger partial charge < -0.3 is 0 Å². The van der Waals surface area contributed by atoms with Crippen LogP contribution in [0.5, 0.6) is 0 Å². The van der Waals surface area contributed by atoms with E-state index in [0.29, 0.717) is 11.9 Å². The number of aryl methyl sites for hydroxylation is 1. The first-order valence-corrected chi connectivity index (χ1v) is 7.16. The van der Waals surface area contributed by atoms with Crippen molar-refractivity contribution in [3.8, 4) is 0 Å². The van der Waals surface area contributed by atoms with Gasteiger partial charge in [0.05, 0.1) is 0 Å². The summed E-state index contributed by atoms with van der Waals surface area (Å²) in [6.45, 7) is 6.31. The molecule has 0 saturated heterocycles. The lowest BCUT2D eigenvalue weighted by atomic mass is 9.96. The van der Waals surface area contributed by atoms with Gasteiger partial charge in [-0.15, -0.1) is 11.6 Å². The van der Waals surface area contributed by atoms with Gasteiger partial charge in [0.2, 0.25) is 0 Å². The highest BCUT2D eigenvalue weighted by Crippen LogP contribution is 2.23. The largest absolute Gasteiger partial charge is 0.248 e. The van der Waals surface area contributed by atoms with Crippen molar-refractivity contribution in [1.29, 1.82) is 0 Å². The fourth-order valence-corrected chi connectivity index (χ4v) is 2.46. The molecule has 4 heteroatoms. The van der Waals surface area contributed by atoms with Gasteiger partial charge in [-0.25, -0.2) is 9.67 Å². The maximum Gasteiger partial charge on any atom is 0.138 e. The lowest BCUT2D eigenvalue weighted by Gasteiger charge is -2.16. The number of benzene rings is 1. The molecule has 0 spiro atoms. The van der Waals surface area contributed by atoms with Crippen LogP contribution in [0, 0.1) is 6.92 Å². The molecule has 2 rings (SSSR count). The van der Waals surface area contributed by atoms with Gasteiger partial charge in [-0.3, -0.25) is 0 Å². The first kappa shape index (κ1) is 14.1. The van der Waals surface area contributed by atoms with Gasteiger partial charge in [0.15, 0.2) is 0 Å². The van der Waals surface area contributed by atoms with Gasteiger partial charge in [-0.1, -0.05) is 29.8 Å². The second kappa shape index (κ2) is 6.20. The van der Waals surface area contributed by atoms with Gasteiger partial charge in [-0.2, -0.15) is 5.10 Å². The van der Waals surface area contributed by atoms with E-state index in [2.05, 4.69) is 55.1 Å². The topological polar surface area (TPSA) is 30.7 Å². The quantitative estimate of drug-likeness (QED) is 0.780. The molecule has 0 aliphatic heterocycles. The number of nitrogens with zero attached hydrogens (tertiary/aromatic N) is 3. The van der Waals surface area contributed by atoms with Crippen LogP contribution in [-0.4, -0.2) is 20.6 Å². The average molecular weight is 278 g/mol. The first-order valence-electron chi connectivity index (χ1n) is 6.62. The van der Waals surface area contributed by atoms with Crippen LogP contribution in [0.2, 0.25) is 0 Å². The Morgan fingerprint density at radius 1 is 1.21 bits per heavy atom. The van der Waals surface area contributed by atoms with Crippen molar-refractivity contribution in [2.75, 3.05) is 5.88 Å². The maximum atomic E-state index is 6.13. The smallest absolute Gasteiger partial charge is 0.138 e. The molecule has 102 valence electrons. The molecule has 0 radical (unpaired) electrons. The van der Waals surface area contributed by atoms with Gasteiger partial charge in [-0.05, 0) is 26.3 Å². The van der Waals surface area contributed by atoms with Crippen molar-refractivity contribution in [3.05, 3.63) is 47.5 Å². The molecule has 0 amide bonds. The fraction of sp³-hybridized carbons (Fsp3) is 0.467. The number of aromatic nitrogens is 3. The van der Waals surface area contributed by atoms with E-state index < -0.39 is 0 Å². The molecule has 19 heavy (non-hydrogen) atoms. The first-order chi connectivity index (χ1) is 9.11. The second-order valence-corrected chi connectivity index (χ2v) is 5.49. The van der Waals surface area contributed by atoms with E-state index in [0.717, 1.165) is 12.2 Å². The third kappa shape index (κ3) is 3.35. The van der Waals surface area contributed by atoms with Crippen LogP contribution in [0.4, 0.5) is 0 Å². The number of alkyl halides is 1. The Morgan fingerprint density at radius 2 is 1.89 bits per heavy atom. The number of hydrogen-bond donors (Lipinski definition) is 0. The van der Waals surface area contributed by atoms with Crippen molar-refractivity contribution in [1.82, 2.24) is 14.8 Å². The molecule has 3 nitrogen and oxygen atoms in total. The molecular formula is C15H20ClN3. The summed E-state index contributed by atoms with van der Waals surface area (Å²) in [4.78, 5) is 4.36. The van der Waals surface area contributed by atoms with Crippen molar-refractivity contribution in [2.45, 2.75) is 39.2 Å². The van der Waals surface area contributed by atoms with Crippen molar-refractivity contribution >= 4 is 11.6 Å². The summed E-state index contributed by atoms with van der Waals surface area (Å²) in [5.41, 5.74) is 2.53. The lowest BCUT2D eigenvalue weighted by Crippen LogP contribution is -2.13. The zero-order valence-corrected chi connectivity index (χ0v) is 12.4. The molecule has 1 atom stereocenters. The Balaban J connectivity index is 2.19. The van der Waals surface area contributed by atoms with Gasteiger partial charge >= 0.3 is 0 Å². The van der Waals surface area contributed by atoms with E-state index in [1.54, 1.807) is 6.33 Å². The zero-order valence-electron chi connectivity index (χ0n) is 11.7. The molecule has 1 heterocycles. The summed E-state index contributed by atoms with van der Waals surface area (Å²) >= 11 is 6.13. The summed E-state index contributed by atoms with van der Waals surface area (Å²) in [7, 11) is 0. The van der Waals surface area contributed by atoms with Crippen LogP contribution >= 0.6 is 11.6 Å². The Labute approximate surface area is 119 Å².